The van der Waals surface area contributed by atoms with Crippen LogP contribution in [0.15, 0.2) is 36.5 Å². The number of aldehydes is 1. The zero-order valence-electron chi connectivity index (χ0n) is 14.0. The number of benzene rings is 1. The number of nitrogens with zero attached hydrogens (tertiary/aromatic N) is 2. The molecule has 126 valence electrons. The Kier molecular flexibility index (Phi) is 4.42. The van der Waals surface area contributed by atoms with E-state index in [-0.39, 0.29) is 16.9 Å². The summed E-state index contributed by atoms with van der Waals surface area (Å²) in [5.74, 6) is 1.23. The van der Waals surface area contributed by atoms with Crippen molar-refractivity contribution < 1.29 is 14.6 Å². The molecule has 24 heavy (non-hydrogen) atoms. The van der Waals surface area contributed by atoms with Crippen molar-refractivity contribution in [2.24, 2.45) is 0 Å². The largest absolute Gasteiger partial charge is 0.507 e. The van der Waals surface area contributed by atoms with E-state index in [0.717, 1.165) is 30.8 Å². The smallest absolute Gasteiger partial charge is 0.157 e. The lowest BCUT2D eigenvalue weighted by Crippen LogP contribution is -2.58. The second-order valence-corrected chi connectivity index (χ2v) is 6.33. The van der Waals surface area contributed by atoms with Gasteiger partial charge in [0.05, 0.1) is 5.56 Å². The normalized spacial score (nSPS) is 19.7. The molecule has 0 spiro atoms. The van der Waals surface area contributed by atoms with E-state index in [4.69, 9.17) is 4.74 Å². The van der Waals surface area contributed by atoms with Crippen LogP contribution in [0.4, 0.5) is 5.82 Å². The van der Waals surface area contributed by atoms with E-state index in [2.05, 4.69) is 23.7 Å². The summed E-state index contributed by atoms with van der Waals surface area (Å²) in [5.41, 5.74) is 1.28. The molecule has 1 saturated heterocycles. The van der Waals surface area contributed by atoms with Gasteiger partial charge in [-0.15, -0.1) is 0 Å². The Bertz CT molecular complexity index is 743. The van der Waals surface area contributed by atoms with Crippen molar-refractivity contribution in [2.75, 3.05) is 11.4 Å². The third-order valence-corrected chi connectivity index (χ3v) is 4.95. The molecule has 5 nitrogen and oxygen atoms in total. The first-order valence-electron chi connectivity index (χ1n) is 8.20. The summed E-state index contributed by atoms with van der Waals surface area (Å²) in [4.78, 5) is 18.0. The molecule has 1 unspecified atom stereocenters. The highest BCUT2D eigenvalue weighted by atomic mass is 16.5. The van der Waals surface area contributed by atoms with Crippen LogP contribution in [0, 0.1) is 0 Å². The number of pyridine rings is 1. The molecule has 2 aromatic rings. The first kappa shape index (κ1) is 16.3. The highest BCUT2D eigenvalue weighted by Gasteiger charge is 2.40. The lowest BCUT2D eigenvalue weighted by molar-refractivity contribution is 0.111. The number of phenols is 1. The van der Waals surface area contributed by atoms with E-state index in [0.29, 0.717) is 18.6 Å². The number of hydrogen-bond donors (Lipinski definition) is 1. The standard InChI is InChI=1S/C19H22N2O3/c1-3-19(2)9-11-21(19)18-14(6-5-10-20-18)13-24-17-8-4-7-16(23)15(17)12-22/h4-8,10,12,23H,3,9,11,13H2,1-2H3. The summed E-state index contributed by atoms with van der Waals surface area (Å²) in [6.45, 7) is 5.72. The number of rotatable bonds is 6. The highest BCUT2D eigenvalue weighted by molar-refractivity contribution is 5.83. The molecule has 1 aromatic heterocycles. The predicted molar refractivity (Wildman–Crippen MR) is 92.7 cm³/mol. The molecule has 1 N–H and O–H groups in total. The molecule has 1 aliphatic heterocycles. The van der Waals surface area contributed by atoms with Crippen LogP contribution in [0.2, 0.25) is 0 Å². The molecule has 0 aliphatic carbocycles. The average molecular weight is 326 g/mol. The Labute approximate surface area is 141 Å². The quantitative estimate of drug-likeness (QED) is 0.822. The molecule has 1 aromatic carbocycles. The molecule has 3 rings (SSSR count). The Hall–Kier alpha value is -2.56. The van der Waals surface area contributed by atoms with E-state index in [1.165, 1.54) is 6.07 Å². The van der Waals surface area contributed by atoms with E-state index in [9.17, 15) is 9.90 Å². The topological polar surface area (TPSA) is 62.7 Å². The van der Waals surface area contributed by atoms with Gasteiger partial charge in [-0.25, -0.2) is 4.98 Å². The van der Waals surface area contributed by atoms with Crippen LogP contribution in [0.1, 0.15) is 42.6 Å². The van der Waals surface area contributed by atoms with Gasteiger partial charge in [-0.2, -0.15) is 0 Å². The fraction of sp³-hybridized carbons (Fsp3) is 0.368. The van der Waals surface area contributed by atoms with Crippen molar-refractivity contribution in [1.82, 2.24) is 4.98 Å². The minimum absolute atomic E-state index is 0.0739. The van der Waals surface area contributed by atoms with E-state index in [1.807, 2.05) is 12.1 Å². The minimum atomic E-state index is -0.0739. The number of aromatic hydroxyl groups is 1. The summed E-state index contributed by atoms with van der Waals surface area (Å²) >= 11 is 0. The molecule has 1 atom stereocenters. The number of ether oxygens (including phenoxy) is 1. The summed E-state index contributed by atoms with van der Waals surface area (Å²) in [6, 6.07) is 8.68. The number of anilines is 1. The van der Waals surface area contributed by atoms with E-state index in [1.54, 1.807) is 18.3 Å². The highest BCUT2D eigenvalue weighted by Crippen LogP contribution is 2.38. The Morgan fingerprint density at radius 1 is 1.38 bits per heavy atom. The van der Waals surface area contributed by atoms with Gasteiger partial charge in [0.1, 0.15) is 23.9 Å². The van der Waals surface area contributed by atoms with Crippen LogP contribution in [-0.2, 0) is 6.61 Å². The van der Waals surface area contributed by atoms with Crippen molar-refractivity contribution in [3.05, 3.63) is 47.7 Å². The van der Waals surface area contributed by atoms with Gasteiger partial charge in [-0.1, -0.05) is 19.1 Å². The van der Waals surface area contributed by atoms with E-state index < -0.39 is 0 Å². The molecule has 0 radical (unpaired) electrons. The van der Waals surface area contributed by atoms with Crippen molar-refractivity contribution in [1.29, 1.82) is 0 Å². The molecular formula is C19H22N2O3. The van der Waals surface area contributed by atoms with Crippen LogP contribution >= 0.6 is 0 Å². The van der Waals surface area contributed by atoms with Crippen LogP contribution in [-0.4, -0.2) is 28.5 Å². The fourth-order valence-electron chi connectivity index (χ4n) is 3.05. The minimum Gasteiger partial charge on any atom is -0.507 e. The van der Waals surface area contributed by atoms with Gasteiger partial charge in [0.25, 0.3) is 0 Å². The summed E-state index contributed by atoms with van der Waals surface area (Å²) in [7, 11) is 0. The van der Waals surface area contributed by atoms with Crippen LogP contribution in [0.3, 0.4) is 0 Å². The molecule has 0 amide bonds. The average Bonchev–Trinajstić information content (AvgIpc) is 2.59. The van der Waals surface area contributed by atoms with Crippen LogP contribution < -0.4 is 9.64 Å². The van der Waals surface area contributed by atoms with Crippen molar-refractivity contribution in [3.8, 4) is 11.5 Å². The van der Waals surface area contributed by atoms with Gasteiger partial charge in [-0.3, -0.25) is 4.79 Å². The summed E-state index contributed by atoms with van der Waals surface area (Å²) < 4.78 is 5.80. The summed E-state index contributed by atoms with van der Waals surface area (Å²) in [6.07, 6.45) is 4.62. The Morgan fingerprint density at radius 2 is 2.21 bits per heavy atom. The van der Waals surface area contributed by atoms with Crippen molar-refractivity contribution in [2.45, 2.75) is 38.8 Å². The number of hydrogen-bond acceptors (Lipinski definition) is 5. The van der Waals surface area contributed by atoms with Gasteiger partial charge in [0, 0.05) is 23.8 Å². The fourth-order valence-corrected chi connectivity index (χ4v) is 3.05. The maximum Gasteiger partial charge on any atom is 0.157 e. The lowest BCUT2D eigenvalue weighted by atomic mass is 9.84. The second kappa shape index (κ2) is 6.51. The molecule has 0 bridgehead atoms. The van der Waals surface area contributed by atoms with Crippen molar-refractivity contribution >= 4 is 12.1 Å². The Balaban J connectivity index is 1.82. The molecule has 0 saturated carbocycles. The number of carbonyl (C=O) groups excluding carboxylic acids is 1. The number of aromatic nitrogens is 1. The van der Waals surface area contributed by atoms with Gasteiger partial charge in [0.15, 0.2) is 6.29 Å². The maximum absolute atomic E-state index is 11.2. The zero-order chi connectivity index (χ0) is 17.2. The van der Waals surface area contributed by atoms with Crippen molar-refractivity contribution in [3.63, 3.8) is 0 Å². The molecule has 5 heteroatoms. The number of carbonyl (C=O) groups is 1. The molecule has 1 fully saturated rings. The SMILES string of the molecule is CCC1(C)CCN1c1ncccc1COc1cccc(O)c1C=O. The predicted octanol–water partition coefficient (Wildman–Crippen LogP) is 3.56. The first-order chi connectivity index (χ1) is 11.6. The van der Waals surface area contributed by atoms with Crippen LogP contribution in [0.5, 0.6) is 11.5 Å². The van der Waals surface area contributed by atoms with Gasteiger partial charge >= 0.3 is 0 Å². The van der Waals surface area contributed by atoms with Crippen LogP contribution in [0.25, 0.3) is 0 Å². The maximum atomic E-state index is 11.2. The van der Waals surface area contributed by atoms with Gasteiger partial charge in [0.2, 0.25) is 0 Å². The monoisotopic (exact) mass is 326 g/mol. The molecule has 1 aliphatic rings. The lowest BCUT2D eigenvalue weighted by Gasteiger charge is -2.51. The van der Waals surface area contributed by atoms with E-state index >= 15 is 0 Å². The second-order valence-electron chi connectivity index (χ2n) is 6.33. The molecule has 2 heterocycles. The van der Waals surface area contributed by atoms with Gasteiger partial charge < -0.3 is 14.7 Å². The Morgan fingerprint density at radius 3 is 2.88 bits per heavy atom. The summed E-state index contributed by atoms with van der Waals surface area (Å²) in [5, 5.41) is 9.75. The first-order valence-corrected chi connectivity index (χ1v) is 8.20. The third kappa shape index (κ3) is 2.82. The number of phenolic OH excluding ortho intramolecular Hbond substituents is 1. The third-order valence-electron chi connectivity index (χ3n) is 4.95. The molecular weight excluding hydrogens is 304 g/mol. The zero-order valence-corrected chi connectivity index (χ0v) is 14.0. The van der Waals surface area contributed by atoms with Gasteiger partial charge in [-0.05, 0) is 38.0 Å².